The molecule has 1 N–H and O–H groups in total. The molecule has 0 radical (unpaired) electrons. The number of hydrogen-bond acceptors (Lipinski definition) is 2. The van der Waals surface area contributed by atoms with Gasteiger partial charge in [0, 0.05) is 5.56 Å². The summed E-state index contributed by atoms with van der Waals surface area (Å²) in [6.45, 7) is 12.8. The first-order chi connectivity index (χ1) is 8.20. The fourth-order valence-electron chi connectivity index (χ4n) is 1.97. The molecular weight excluding hydrogens is 226 g/mol. The molecule has 1 amide bonds. The van der Waals surface area contributed by atoms with Crippen molar-refractivity contribution in [2.75, 3.05) is 0 Å². The highest BCUT2D eigenvalue weighted by Gasteiger charge is 2.29. The van der Waals surface area contributed by atoms with Crippen molar-refractivity contribution >= 4 is 5.91 Å². The summed E-state index contributed by atoms with van der Waals surface area (Å²) in [5.41, 5.74) is 2.61. The maximum Gasteiger partial charge on any atom is 0.278 e. The molecule has 0 atom stereocenters. The average Bonchev–Trinajstić information content (AvgIpc) is 2.26. The number of hydrogen-bond donors (Lipinski definition) is 1. The zero-order valence-electron chi connectivity index (χ0n) is 11.7. The largest absolute Gasteiger partial charge is 0.285 e. The second-order valence-electron chi connectivity index (χ2n) is 5.25. The first kappa shape index (κ1) is 14.5. The van der Waals surface area contributed by atoms with Gasteiger partial charge in [-0.1, -0.05) is 23.8 Å². The maximum absolute atomic E-state index is 12.3. The van der Waals surface area contributed by atoms with E-state index in [9.17, 15) is 10.0 Å². The molecule has 98 valence electrons. The van der Waals surface area contributed by atoms with Crippen molar-refractivity contribution in [3.63, 3.8) is 0 Å². The van der Waals surface area contributed by atoms with E-state index in [-0.39, 0.29) is 0 Å². The van der Waals surface area contributed by atoms with Crippen LogP contribution in [0.25, 0.3) is 0 Å². The van der Waals surface area contributed by atoms with Gasteiger partial charge in [0.05, 0.1) is 5.54 Å². The molecule has 0 bridgehead atoms. The van der Waals surface area contributed by atoms with Gasteiger partial charge in [-0.2, -0.15) is 0 Å². The molecule has 0 aliphatic rings. The molecule has 0 aliphatic heterocycles. The number of benzene rings is 1. The molecule has 0 saturated heterocycles. The minimum Gasteiger partial charge on any atom is -0.285 e. The number of carbonyl (C=O) groups excluding carboxylic acids is 1. The summed E-state index contributed by atoms with van der Waals surface area (Å²) < 4.78 is 0. The summed E-state index contributed by atoms with van der Waals surface area (Å²) in [6, 6.07) is 3.88. The number of rotatable bonds is 3. The van der Waals surface area contributed by atoms with Gasteiger partial charge in [0.15, 0.2) is 0 Å². The number of aryl methyl sites for hydroxylation is 3. The zero-order chi connectivity index (χ0) is 14.1. The van der Waals surface area contributed by atoms with E-state index >= 15 is 0 Å². The van der Waals surface area contributed by atoms with Gasteiger partial charge in [-0.25, -0.2) is 5.06 Å². The Morgan fingerprint density at radius 2 is 1.72 bits per heavy atom. The van der Waals surface area contributed by atoms with Crippen molar-refractivity contribution in [1.82, 2.24) is 5.06 Å². The maximum atomic E-state index is 12.3. The Kier molecular flexibility index (Phi) is 3.97. The van der Waals surface area contributed by atoms with Crippen molar-refractivity contribution in [2.24, 2.45) is 0 Å². The third-order valence-electron chi connectivity index (χ3n) is 3.13. The Bertz CT molecular complexity index is 466. The van der Waals surface area contributed by atoms with Gasteiger partial charge in [-0.05, 0) is 45.7 Å². The highest BCUT2D eigenvalue weighted by molar-refractivity contribution is 5.97. The van der Waals surface area contributed by atoms with Crippen LogP contribution in [0.1, 0.15) is 40.9 Å². The second kappa shape index (κ2) is 4.94. The van der Waals surface area contributed by atoms with E-state index in [1.54, 1.807) is 19.9 Å². The summed E-state index contributed by atoms with van der Waals surface area (Å²) in [5.74, 6) is -0.394. The lowest BCUT2D eigenvalue weighted by Gasteiger charge is -2.31. The summed E-state index contributed by atoms with van der Waals surface area (Å²) in [4.78, 5) is 12.3. The van der Waals surface area contributed by atoms with Crippen LogP contribution in [-0.2, 0) is 0 Å². The number of carbonyl (C=O) groups is 1. The van der Waals surface area contributed by atoms with Gasteiger partial charge in [0.1, 0.15) is 0 Å². The summed E-state index contributed by atoms with van der Waals surface area (Å²) in [7, 11) is 0. The zero-order valence-corrected chi connectivity index (χ0v) is 11.7. The molecule has 0 heterocycles. The fourth-order valence-corrected chi connectivity index (χ4v) is 1.97. The van der Waals surface area contributed by atoms with Gasteiger partial charge in [0.25, 0.3) is 5.91 Å². The summed E-state index contributed by atoms with van der Waals surface area (Å²) in [5, 5.41) is 10.8. The standard InChI is InChI=1S/C15H21NO2/c1-7-15(5,6)16(18)14(17)13-11(3)8-10(2)9-12(13)4/h7-9,18H,1H2,2-6H3. The van der Waals surface area contributed by atoms with E-state index in [0.29, 0.717) is 5.56 Å². The monoisotopic (exact) mass is 247 g/mol. The topological polar surface area (TPSA) is 40.5 Å². The molecule has 0 fully saturated rings. The van der Waals surface area contributed by atoms with Crippen molar-refractivity contribution in [3.8, 4) is 0 Å². The van der Waals surface area contributed by atoms with Crippen molar-refractivity contribution < 1.29 is 10.0 Å². The normalized spacial score (nSPS) is 11.2. The lowest BCUT2D eigenvalue weighted by atomic mass is 9.97. The van der Waals surface area contributed by atoms with E-state index in [1.165, 1.54) is 0 Å². The third-order valence-corrected chi connectivity index (χ3v) is 3.13. The van der Waals surface area contributed by atoms with Gasteiger partial charge in [-0.15, -0.1) is 6.58 Å². The molecule has 1 rings (SSSR count). The molecule has 3 heteroatoms. The minimum absolute atomic E-state index is 0.394. The van der Waals surface area contributed by atoms with Crippen LogP contribution < -0.4 is 0 Å². The van der Waals surface area contributed by atoms with Crippen molar-refractivity contribution in [2.45, 2.75) is 40.2 Å². The smallest absolute Gasteiger partial charge is 0.278 e. The van der Waals surface area contributed by atoms with Crippen LogP contribution in [0.3, 0.4) is 0 Å². The molecule has 1 aromatic carbocycles. The van der Waals surface area contributed by atoms with Gasteiger partial charge < -0.3 is 0 Å². The molecule has 1 aromatic rings. The van der Waals surface area contributed by atoms with Gasteiger partial charge in [0.2, 0.25) is 0 Å². The number of nitrogens with zero attached hydrogens (tertiary/aromatic N) is 1. The van der Waals surface area contributed by atoms with Gasteiger partial charge in [-0.3, -0.25) is 10.0 Å². The molecular formula is C15H21NO2. The Balaban J connectivity index is 3.24. The van der Waals surface area contributed by atoms with E-state index in [4.69, 9.17) is 0 Å². The van der Waals surface area contributed by atoms with Crippen molar-refractivity contribution in [1.29, 1.82) is 0 Å². The first-order valence-electron chi connectivity index (χ1n) is 5.95. The predicted octanol–water partition coefficient (Wildman–Crippen LogP) is 3.41. The SMILES string of the molecule is C=CC(C)(C)N(O)C(=O)c1c(C)cc(C)cc1C. The summed E-state index contributed by atoms with van der Waals surface area (Å²) >= 11 is 0. The molecule has 3 nitrogen and oxygen atoms in total. The van der Waals surface area contributed by atoms with Crippen LogP contribution in [0.2, 0.25) is 0 Å². The molecule has 18 heavy (non-hydrogen) atoms. The Hall–Kier alpha value is -1.61. The highest BCUT2D eigenvalue weighted by Crippen LogP contribution is 2.22. The van der Waals surface area contributed by atoms with E-state index < -0.39 is 11.4 Å². The summed E-state index contributed by atoms with van der Waals surface area (Å²) in [6.07, 6.45) is 1.55. The van der Waals surface area contributed by atoms with Crippen LogP contribution >= 0.6 is 0 Å². The Morgan fingerprint density at radius 1 is 1.28 bits per heavy atom. The minimum atomic E-state index is -0.791. The van der Waals surface area contributed by atoms with E-state index in [0.717, 1.165) is 21.8 Å². The fraction of sp³-hybridized carbons (Fsp3) is 0.400. The average molecular weight is 247 g/mol. The first-order valence-corrected chi connectivity index (χ1v) is 5.95. The second-order valence-corrected chi connectivity index (χ2v) is 5.25. The number of hydroxylamine groups is 2. The predicted molar refractivity (Wildman–Crippen MR) is 72.9 cm³/mol. The number of amides is 1. The van der Waals surface area contributed by atoms with Crippen LogP contribution in [0, 0.1) is 20.8 Å². The third kappa shape index (κ3) is 2.62. The molecule has 0 aliphatic carbocycles. The molecule has 0 unspecified atom stereocenters. The van der Waals surface area contributed by atoms with E-state index in [1.807, 2.05) is 32.9 Å². The quantitative estimate of drug-likeness (QED) is 0.505. The Morgan fingerprint density at radius 3 is 2.11 bits per heavy atom. The van der Waals surface area contributed by atoms with Gasteiger partial charge >= 0.3 is 0 Å². The van der Waals surface area contributed by atoms with Crippen LogP contribution in [0.15, 0.2) is 24.8 Å². The molecule has 0 spiro atoms. The van der Waals surface area contributed by atoms with Crippen molar-refractivity contribution in [3.05, 3.63) is 47.0 Å². The lowest BCUT2D eigenvalue weighted by Crippen LogP contribution is -2.44. The van der Waals surface area contributed by atoms with Crippen LogP contribution in [0.5, 0.6) is 0 Å². The molecule has 0 saturated carbocycles. The Labute approximate surface area is 109 Å². The van der Waals surface area contributed by atoms with E-state index in [2.05, 4.69) is 6.58 Å². The lowest BCUT2D eigenvalue weighted by molar-refractivity contribution is -0.104. The highest BCUT2D eigenvalue weighted by atomic mass is 16.5. The van der Waals surface area contributed by atoms with Crippen LogP contribution in [-0.4, -0.2) is 21.7 Å². The molecule has 0 aromatic heterocycles. The van der Waals surface area contributed by atoms with Crippen LogP contribution in [0.4, 0.5) is 0 Å².